The van der Waals surface area contributed by atoms with Gasteiger partial charge in [0.05, 0.1) is 30.2 Å². The van der Waals surface area contributed by atoms with Gasteiger partial charge in [0.25, 0.3) is 5.69 Å². The standard InChI is InChI=1S/C23H22N4O5/c1-15-11-19(16(2)26(15)20-9-6-8-18(12-20)23(29)32-3)14-24-25-22(28)13-17-7-4-5-10-21(17)27(30)31/h4-12,14H,13H2,1-3H3,(H,25,28). The van der Waals surface area contributed by atoms with Gasteiger partial charge >= 0.3 is 5.97 Å². The van der Waals surface area contributed by atoms with Crippen molar-refractivity contribution in [2.75, 3.05) is 7.11 Å². The van der Waals surface area contributed by atoms with Crippen LogP contribution >= 0.6 is 0 Å². The average molecular weight is 434 g/mol. The van der Waals surface area contributed by atoms with E-state index in [9.17, 15) is 19.7 Å². The number of aryl methyl sites for hydroxylation is 1. The number of carbonyl (C=O) groups is 2. The Morgan fingerprint density at radius 3 is 2.62 bits per heavy atom. The topological polar surface area (TPSA) is 116 Å². The molecule has 0 aliphatic carbocycles. The summed E-state index contributed by atoms with van der Waals surface area (Å²) in [6, 6.07) is 15.1. The first-order valence-corrected chi connectivity index (χ1v) is 9.73. The lowest BCUT2D eigenvalue weighted by atomic mass is 10.1. The van der Waals surface area contributed by atoms with Crippen molar-refractivity contribution in [3.8, 4) is 5.69 Å². The summed E-state index contributed by atoms with van der Waals surface area (Å²) in [4.78, 5) is 34.6. The second-order valence-corrected chi connectivity index (χ2v) is 7.06. The van der Waals surface area contributed by atoms with E-state index in [1.54, 1.807) is 30.3 Å². The molecule has 3 aromatic rings. The van der Waals surface area contributed by atoms with Crippen LogP contribution in [-0.2, 0) is 16.0 Å². The number of esters is 1. The van der Waals surface area contributed by atoms with Crippen LogP contribution in [0.1, 0.15) is 32.9 Å². The molecule has 164 valence electrons. The van der Waals surface area contributed by atoms with Crippen LogP contribution < -0.4 is 5.43 Å². The normalized spacial score (nSPS) is 10.8. The van der Waals surface area contributed by atoms with E-state index in [4.69, 9.17) is 4.74 Å². The highest BCUT2D eigenvalue weighted by atomic mass is 16.6. The highest BCUT2D eigenvalue weighted by Gasteiger charge is 2.15. The molecule has 9 nitrogen and oxygen atoms in total. The van der Waals surface area contributed by atoms with Crippen molar-refractivity contribution in [2.45, 2.75) is 20.3 Å². The number of hydrogen-bond acceptors (Lipinski definition) is 6. The summed E-state index contributed by atoms with van der Waals surface area (Å²) >= 11 is 0. The Balaban J connectivity index is 1.75. The van der Waals surface area contributed by atoms with Crippen LogP contribution in [0.15, 0.2) is 59.7 Å². The number of amides is 1. The van der Waals surface area contributed by atoms with Crippen LogP contribution in [0.5, 0.6) is 0 Å². The number of hydrazone groups is 1. The first-order chi connectivity index (χ1) is 15.3. The number of ether oxygens (including phenoxy) is 1. The molecule has 3 rings (SSSR count). The minimum atomic E-state index is -0.518. The molecule has 0 bridgehead atoms. The van der Waals surface area contributed by atoms with E-state index in [0.717, 1.165) is 22.6 Å². The van der Waals surface area contributed by atoms with Gasteiger partial charge < -0.3 is 9.30 Å². The van der Waals surface area contributed by atoms with E-state index in [1.165, 1.54) is 25.5 Å². The number of carbonyl (C=O) groups excluding carboxylic acids is 2. The van der Waals surface area contributed by atoms with Crippen molar-refractivity contribution in [3.05, 3.63) is 92.8 Å². The summed E-state index contributed by atoms with van der Waals surface area (Å²) in [5.74, 6) is -0.882. The first kappa shape index (κ1) is 22.4. The van der Waals surface area contributed by atoms with Gasteiger partial charge in [-0.25, -0.2) is 10.2 Å². The highest BCUT2D eigenvalue weighted by molar-refractivity contribution is 5.90. The number of hydrogen-bond donors (Lipinski definition) is 1. The van der Waals surface area contributed by atoms with Gasteiger partial charge in [0, 0.05) is 34.3 Å². The lowest BCUT2D eigenvalue weighted by Crippen LogP contribution is -2.20. The van der Waals surface area contributed by atoms with Crippen LogP contribution in [0.4, 0.5) is 5.69 Å². The zero-order valence-corrected chi connectivity index (χ0v) is 17.9. The molecule has 0 saturated carbocycles. The molecule has 0 aliphatic heterocycles. The fraction of sp³-hybridized carbons (Fsp3) is 0.174. The molecule has 0 unspecified atom stereocenters. The van der Waals surface area contributed by atoms with Crippen molar-refractivity contribution in [1.29, 1.82) is 0 Å². The Morgan fingerprint density at radius 1 is 1.16 bits per heavy atom. The SMILES string of the molecule is COC(=O)c1cccc(-n2c(C)cc(C=NNC(=O)Cc3ccccc3[N+](=O)[O-])c2C)c1. The summed E-state index contributed by atoms with van der Waals surface area (Å²) in [7, 11) is 1.33. The van der Waals surface area contributed by atoms with Crippen LogP contribution in [0.2, 0.25) is 0 Å². The maximum atomic E-state index is 12.2. The predicted molar refractivity (Wildman–Crippen MR) is 119 cm³/mol. The average Bonchev–Trinajstić information content (AvgIpc) is 3.06. The molecule has 2 aromatic carbocycles. The monoisotopic (exact) mass is 434 g/mol. The summed E-state index contributed by atoms with van der Waals surface area (Å²) in [5, 5.41) is 15.1. The number of methoxy groups -OCH3 is 1. The molecule has 1 N–H and O–H groups in total. The van der Waals surface area contributed by atoms with E-state index in [-0.39, 0.29) is 12.1 Å². The fourth-order valence-electron chi connectivity index (χ4n) is 3.43. The lowest BCUT2D eigenvalue weighted by Gasteiger charge is -2.10. The van der Waals surface area contributed by atoms with Gasteiger partial charge in [-0.15, -0.1) is 0 Å². The second-order valence-electron chi connectivity index (χ2n) is 7.06. The highest BCUT2D eigenvalue weighted by Crippen LogP contribution is 2.21. The molecule has 0 atom stereocenters. The second kappa shape index (κ2) is 9.69. The number of rotatable bonds is 7. The minimum absolute atomic E-state index is 0.107. The number of nitrogens with one attached hydrogen (secondary N) is 1. The molecule has 32 heavy (non-hydrogen) atoms. The summed E-state index contributed by atoms with van der Waals surface area (Å²) < 4.78 is 6.75. The molecular formula is C23H22N4O5. The van der Waals surface area contributed by atoms with Gasteiger partial charge in [0.15, 0.2) is 0 Å². The maximum Gasteiger partial charge on any atom is 0.337 e. The van der Waals surface area contributed by atoms with Gasteiger partial charge in [-0.1, -0.05) is 24.3 Å². The molecule has 9 heteroatoms. The fourth-order valence-corrected chi connectivity index (χ4v) is 3.43. The zero-order chi connectivity index (χ0) is 23.3. The quantitative estimate of drug-likeness (QED) is 0.264. The van der Waals surface area contributed by atoms with Crippen LogP contribution in [0, 0.1) is 24.0 Å². The molecule has 0 fully saturated rings. The number of nitro groups is 1. The Kier molecular flexibility index (Phi) is 6.79. The predicted octanol–water partition coefficient (Wildman–Crippen LogP) is 3.48. The molecule has 0 saturated heterocycles. The van der Waals surface area contributed by atoms with Crippen LogP contribution in [-0.4, -0.2) is 34.7 Å². The lowest BCUT2D eigenvalue weighted by molar-refractivity contribution is -0.385. The summed E-state index contributed by atoms with van der Waals surface area (Å²) in [6.07, 6.45) is 1.36. The first-order valence-electron chi connectivity index (χ1n) is 9.73. The van der Waals surface area contributed by atoms with Crippen molar-refractivity contribution in [3.63, 3.8) is 0 Å². The van der Waals surface area contributed by atoms with E-state index in [1.807, 2.05) is 30.5 Å². The third-order valence-corrected chi connectivity index (χ3v) is 4.93. The van der Waals surface area contributed by atoms with Crippen molar-refractivity contribution in [1.82, 2.24) is 9.99 Å². The molecule has 0 radical (unpaired) electrons. The Bertz CT molecular complexity index is 1210. The van der Waals surface area contributed by atoms with Gasteiger partial charge in [-0.3, -0.25) is 14.9 Å². The van der Waals surface area contributed by atoms with Crippen molar-refractivity contribution >= 4 is 23.8 Å². The number of aromatic nitrogens is 1. The van der Waals surface area contributed by atoms with Gasteiger partial charge in [-0.05, 0) is 38.1 Å². The molecule has 1 aromatic heterocycles. The molecule has 1 amide bonds. The molecular weight excluding hydrogens is 412 g/mol. The minimum Gasteiger partial charge on any atom is -0.465 e. The van der Waals surface area contributed by atoms with E-state index in [0.29, 0.717) is 11.1 Å². The molecule has 0 aliphatic rings. The third kappa shape index (κ3) is 4.89. The zero-order valence-electron chi connectivity index (χ0n) is 17.9. The van der Waals surface area contributed by atoms with Gasteiger partial charge in [0.2, 0.25) is 5.91 Å². The van der Waals surface area contributed by atoms with Crippen LogP contribution in [0.3, 0.4) is 0 Å². The maximum absolute atomic E-state index is 12.2. The number of benzene rings is 2. The number of nitro benzene ring substituents is 1. The summed E-state index contributed by atoms with van der Waals surface area (Å²) in [5.41, 5.74) is 6.40. The Morgan fingerprint density at radius 2 is 1.91 bits per heavy atom. The van der Waals surface area contributed by atoms with E-state index in [2.05, 4.69) is 10.5 Å². The van der Waals surface area contributed by atoms with Crippen LogP contribution in [0.25, 0.3) is 5.69 Å². The van der Waals surface area contributed by atoms with Crippen molar-refractivity contribution < 1.29 is 19.2 Å². The van der Waals surface area contributed by atoms with Gasteiger partial charge in [0.1, 0.15) is 0 Å². The molecule has 0 spiro atoms. The Labute approximate surface area is 184 Å². The molecule has 1 heterocycles. The van der Waals surface area contributed by atoms with E-state index < -0.39 is 16.8 Å². The van der Waals surface area contributed by atoms with Gasteiger partial charge in [-0.2, -0.15) is 5.10 Å². The van der Waals surface area contributed by atoms with Crippen molar-refractivity contribution in [2.24, 2.45) is 5.10 Å². The van der Waals surface area contributed by atoms with E-state index >= 15 is 0 Å². The smallest absolute Gasteiger partial charge is 0.337 e. The largest absolute Gasteiger partial charge is 0.465 e. The Hall–Kier alpha value is -4.27. The number of nitrogens with zero attached hydrogens (tertiary/aromatic N) is 3. The summed E-state index contributed by atoms with van der Waals surface area (Å²) in [6.45, 7) is 3.82. The third-order valence-electron chi connectivity index (χ3n) is 4.93. The number of para-hydroxylation sites is 1.